The number of hydrogen-bond donors (Lipinski definition) is 2. The fourth-order valence-electron chi connectivity index (χ4n) is 3.75. The van der Waals surface area contributed by atoms with Crippen LogP contribution in [0.25, 0.3) is 11.0 Å². The first-order valence-electron chi connectivity index (χ1n) is 9.70. The van der Waals surface area contributed by atoms with Gasteiger partial charge in [-0.25, -0.2) is 9.37 Å². The molecule has 2 radical (unpaired) electrons. The van der Waals surface area contributed by atoms with E-state index in [2.05, 4.69) is 43.1 Å². The first kappa shape index (κ1) is 21.9. The standard InChI is InChI=1S/C20H27FN5O2.Al/c1-25(9-3-8-22)14-6-10-26(11-7-14)13-17(27)19-15(21)12-23-16-4-5-18(28-2)24-20(16)19;/h3-5,12,14,17,27H,6-7,9-11,13,22H2,1-2H3;. The van der Waals surface area contributed by atoms with Crippen molar-refractivity contribution in [1.82, 2.24) is 19.8 Å². The Morgan fingerprint density at radius 1 is 1.48 bits per heavy atom. The lowest BCUT2D eigenvalue weighted by atomic mass is 10.0. The highest BCUT2D eigenvalue weighted by Crippen LogP contribution is 2.28. The van der Waals surface area contributed by atoms with E-state index in [1.807, 2.05) is 6.08 Å². The molecule has 0 bridgehead atoms. The number of ether oxygens (including phenoxy) is 1. The lowest BCUT2D eigenvalue weighted by Crippen LogP contribution is -2.44. The van der Waals surface area contributed by atoms with Crippen LogP contribution >= 0.6 is 0 Å². The van der Waals surface area contributed by atoms with Crippen LogP contribution in [0.15, 0.2) is 29.0 Å². The Kier molecular flexibility index (Phi) is 7.44. The Balaban J connectivity index is 1.66. The summed E-state index contributed by atoms with van der Waals surface area (Å²) in [5, 5.41) is 10.8. The zero-order valence-corrected chi connectivity index (χ0v) is 18.0. The molecule has 2 aromatic rings. The number of pyridine rings is 2. The van der Waals surface area contributed by atoms with Gasteiger partial charge in [-0.2, -0.15) is 0 Å². The van der Waals surface area contributed by atoms with Crippen LogP contribution in [0.5, 0.6) is 5.88 Å². The summed E-state index contributed by atoms with van der Waals surface area (Å²) in [4.78, 5) is 12.8. The monoisotopic (exact) mass is 415 g/mol. The van der Waals surface area contributed by atoms with Crippen molar-refractivity contribution >= 4 is 27.3 Å². The molecule has 1 aliphatic rings. The second-order valence-corrected chi connectivity index (χ2v) is 8.10. The maximum Gasteiger partial charge on any atom is 0.213 e. The number of piperidine rings is 1. The number of aromatic nitrogens is 2. The highest BCUT2D eigenvalue weighted by Gasteiger charge is 2.26. The van der Waals surface area contributed by atoms with Crippen molar-refractivity contribution in [2.24, 2.45) is 5.73 Å². The van der Waals surface area contributed by atoms with Crippen LogP contribution in [0.2, 0.25) is 0 Å². The highest BCUT2D eigenvalue weighted by atomic mass is 27.0. The minimum Gasteiger partial charge on any atom is -0.481 e. The summed E-state index contributed by atoms with van der Waals surface area (Å²) in [7, 11) is 3.60. The Hall–Kier alpha value is -1.76. The van der Waals surface area contributed by atoms with Crippen LogP contribution in [0, 0.1) is 5.82 Å². The molecule has 1 fully saturated rings. The number of likely N-dealkylation sites (N-methyl/N-ethyl adjacent to an activating group) is 1. The summed E-state index contributed by atoms with van der Waals surface area (Å²) >= 11 is 2.49. The summed E-state index contributed by atoms with van der Waals surface area (Å²) in [5.74, 6) is -0.190. The van der Waals surface area contributed by atoms with Gasteiger partial charge in [0.2, 0.25) is 22.2 Å². The Bertz CT molecular complexity index is 869. The van der Waals surface area contributed by atoms with Crippen molar-refractivity contribution < 1.29 is 14.2 Å². The van der Waals surface area contributed by atoms with Gasteiger partial charge in [0.05, 0.1) is 24.9 Å². The molecule has 9 heteroatoms. The Labute approximate surface area is 178 Å². The van der Waals surface area contributed by atoms with E-state index >= 15 is 0 Å². The van der Waals surface area contributed by atoms with Gasteiger partial charge in [-0.1, -0.05) is 10.6 Å². The van der Waals surface area contributed by atoms with Gasteiger partial charge in [-0.15, -0.1) is 0 Å². The van der Waals surface area contributed by atoms with Crippen LogP contribution in [0.4, 0.5) is 4.39 Å². The summed E-state index contributed by atoms with van der Waals surface area (Å²) in [5.41, 5.74) is 6.73. The van der Waals surface area contributed by atoms with E-state index in [1.54, 1.807) is 12.1 Å². The number of hydrogen-bond acceptors (Lipinski definition) is 7. The van der Waals surface area contributed by atoms with Gasteiger partial charge in [-0.05, 0) is 39.0 Å². The first-order chi connectivity index (χ1) is 13.9. The predicted octanol–water partition coefficient (Wildman–Crippen LogP) is 1.18. The molecule has 7 nitrogen and oxygen atoms in total. The van der Waals surface area contributed by atoms with Crippen molar-refractivity contribution in [3.63, 3.8) is 0 Å². The van der Waals surface area contributed by atoms with Gasteiger partial charge in [-0.3, -0.25) is 9.88 Å². The molecule has 2 aromatic heterocycles. The largest absolute Gasteiger partial charge is 0.481 e. The molecule has 1 saturated heterocycles. The highest BCUT2D eigenvalue weighted by molar-refractivity contribution is 6.20. The zero-order chi connectivity index (χ0) is 21.0. The lowest BCUT2D eigenvalue weighted by Gasteiger charge is -2.37. The van der Waals surface area contributed by atoms with E-state index in [9.17, 15) is 9.50 Å². The van der Waals surface area contributed by atoms with Crippen LogP contribution in [0.3, 0.4) is 0 Å². The maximum absolute atomic E-state index is 14.5. The molecule has 1 unspecified atom stereocenters. The smallest absolute Gasteiger partial charge is 0.213 e. The third-order valence-corrected chi connectivity index (χ3v) is 5.68. The van der Waals surface area contributed by atoms with E-state index in [4.69, 9.17) is 10.5 Å². The van der Waals surface area contributed by atoms with Gasteiger partial charge in [0.25, 0.3) is 0 Å². The summed E-state index contributed by atoms with van der Waals surface area (Å²) in [6, 6.07) is 3.85. The van der Waals surface area contributed by atoms with E-state index in [0.29, 0.717) is 29.5 Å². The van der Waals surface area contributed by atoms with Crippen molar-refractivity contribution in [2.45, 2.75) is 25.0 Å². The number of aliphatic hydroxyl groups excluding tert-OH is 1. The molecule has 29 heavy (non-hydrogen) atoms. The van der Waals surface area contributed by atoms with Crippen molar-refractivity contribution in [1.29, 1.82) is 0 Å². The molecule has 0 amide bonds. The van der Waals surface area contributed by atoms with Crippen molar-refractivity contribution in [2.75, 3.05) is 40.3 Å². The van der Waals surface area contributed by atoms with Crippen LogP contribution in [0.1, 0.15) is 24.5 Å². The molecule has 0 aliphatic carbocycles. The molecule has 0 aromatic carbocycles. The normalized spacial score (nSPS) is 17.8. The molecule has 3 N–H and O–H groups in total. The van der Waals surface area contributed by atoms with Gasteiger partial charge in [0, 0.05) is 30.8 Å². The average molecular weight is 415 g/mol. The number of fused-ring (bicyclic) bond motifs is 1. The van der Waals surface area contributed by atoms with Crippen LogP contribution in [-0.2, 0) is 0 Å². The molecule has 3 heterocycles. The molecule has 3 rings (SSSR count). The molecular weight excluding hydrogens is 388 g/mol. The van der Waals surface area contributed by atoms with Crippen molar-refractivity contribution in [3.05, 3.63) is 40.3 Å². The second kappa shape index (κ2) is 9.83. The number of likely N-dealkylation sites (tertiary alicyclic amines) is 1. The van der Waals surface area contributed by atoms with Gasteiger partial charge >= 0.3 is 0 Å². The Morgan fingerprint density at radius 2 is 2.21 bits per heavy atom. The summed E-state index contributed by atoms with van der Waals surface area (Å²) < 4.78 is 20.4. The summed E-state index contributed by atoms with van der Waals surface area (Å²) in [6.45, 7) is 2.84. The summed E-state index contributed by atoms with van der Waals surface area (Å²) in [6.07, 6.45) is 4.11. The molecule has 1 atom stereocenters. The first-order valence-corrected chi connectivity index (χ1v) is 10.3. The fourth-order valence-corrected chi connectivity index (χ4v) is 3.86. The lowest BCUT2D eigenvalue weighted by molar-refractivity contribution is 0.0758. The van der Waals surface area contributed by atoms with E-state index in [-0.39, 0.29) is 5.56 Å². The van der Waals surface area contributed by atoms with E-state index in [1.165, 1.54) is 7.11 Å². The third-order valence-electron chi connectivity index (χ3n) is 5.45. The molecular formula is C20H27AlFN5O2. The number of rotatable bonds is 7. The molecule has 1 aliphatic heterocycles. The molecule has 0 spiro atoms. The molecule has 154 valence electrons. The average Bonchev–Trinajstić information content (AvgIpc) is 2.71. The van der Waals surface area contributed by atoms with E-state index < -0.39 is 11.9 Å². The third kappa shape index (κ3) is 5.44. The number of nitrogens with two attached hydrogens (primary N) is 1. The van der Waals surface area contributed by atoms with E-state index in [0.717, 1.165) is 43.2 Å². The quantitative estimate of drug-likeness (QED) is 0.657. The number of halogens is 1. The number of aliphatic hydroxyl groups is 1. The van der Waals surface area contributed by atoms with Gasteiger partial charge in [0.1, 0.15) is 11.3 Å². The van der Waals surface area contributed by atoms with Gasteiger partial charge in [0.15, 0.2) is 0 Å². The topological polar surface area (TPSA) is 87.7 Å². The van der Waals surface area contributed by atoms with Crippen LogP contribution < -0.4 is 10.5 Å². The van der Waals surface area contributed by atoms with Crippen molar-refractivity contribution in [3.8, 4) is 5.88 Å². The number of nitrogens with zero attached hydrogens (tertiary/aromatic N) is 4. The number of methoxy groups -OCH3 is 1. The predicted molar refractivity (Wildman–Crippen MR) is 111 cm³/mol. The number of β-amino-alcohol motifs (C(OH)–C–C–N with tert-alkyl or cyclic N) is 1. The minimum absolute atomic E-state index is 0.175. The van der Waals surface area contributed by atoms with Crippen LogP contribution in [-0.4, -0.2) is 87.5 Å². The zero-order valence-electron chi connectivity index (χ0n) is 16.9. The molecule has 0 saturated carbocycles. The van der Waals surface area contributed by atoms with Gasteiger partial charge < -0.3 is 20.5 Å². The second-order valence-electron chi connectivity index (χ2n) is 7.43. The SMILES string of the molecule is COc1ccc2ncc(F)c(C(O)CN3CCC(N(C)C/C=[C](\N)[Al])CC3)c2n1. The fraction of sp³-hybridized carbons (Fsp3) is 0.500. The Morgan fingerprint density at radius 3 is 2.86 bits per heavy atom. The maximum atomic E-state index is 14.5. The minimum atomic E-state index is -0.991.